The summed E-state index contributed by atoms with van der Waals surface area (Å²) < 4.78 is 0. The van der Waals surface area contributed by atoms with E-state index in [2.05, 4.69) is 27.7 Å². The van der Waals surface area contributed by atoms with Gasteiger partial charge in [0.25, 0.3) is 0 Å². The summed E-state index contributed by atoms with van der Waals surface area (Å²) in [5.41, 5.74) is 0. The molecule has 0 fully saturated rings. The van der Waals surface area contributed by atoms with Gasteiger partial charge in [0.15, 0.2) is 0 Å². The molecule has 0 aliphatic carbocycles. The van der Waals surface area contributed by atoms with Crippen LogP contribution in [0.5, 0.6) is 0 Å². The first-order valence-electron chi connectivity index (χ1n) is 4.92. The van der Waals surface area contributed by atoms with Gasteiger partial charge in [-0.15, -0.1) is 0 Å². The van der Waals surface area contributed by atoms with Crippen LogP contribution in [-0.2, 0) is 0 Å². The van der Waals surface area contributed by atoms with Gasteiger partial charge in [-0.05, 0) is 18.3 Å². The topological polar surface area (TPSA) is 0 Å². The Morgan fingerprint density at radius 1 is 1.00 bits per heavy atom. The first-order valence-corrected chi connectivity index (χ1v) is 4.92. The Labute approximate surface area is 72.4 Å². The van der Waals surface area contributed by atoms with E-state index in [-0.39, 0.29) is 0 Å². The zero-order chi connectivity index (χ0) is 8.69. The van der Waals surface area contributed by atoms with Gasteiger partial charge in [0.05, 0.1) is 0 Å². The van der Waals surface area contributed by atoms with E-state index in [4.69, 9.17) is 0 Å². The SMILES string of the molecule is C[C](C)CCCCCC(C)C. The van der Waals surface area contributed by atoms with Crippen molar-refractivity contribution >= 4 is 0 Å². The first-order chi connectivity index (χ1) is 5.13. The third-order valence-electron chi connectivity index (χ3n) is 1.96. The molecule has 0 N–H and O–H groups in total. The predicted molar refractivity (Wildman–Crippen MR) is 52.5 cm³/mol. The van der Waals surface area contributed by atoms with Crippen molar-refractivity contribution in [3.05, 3.63) is 5.92 Å². The molecule has 1 radical (unpaired) electrons. The Kier molecular flexibility index (Phi) is 6.69. The molecule has 0 aromatic rings. The highest BCUT2D eigenvalue weighted by Gasteiger charge is 1.96. The maximum absolute atomic E-state index is 2.30. The third-order valence-corrected chi connectivity index (χ3v) is 1.96. The average molecular weight is 155 g/mol. The summed E-state index contributed by atoms with van der Waals surface area (Å²) in [7, 11) is 0. The van der Waals surface area contributed by atoms with Crippen molar-refractivity contribution in [1.29, 1.82) is 0 Å². The highest BCUT2D eigenvalue weighted by atomic mass is 14.0. The van der Waals surface area contributed by atoms with Crippen molar-refractivity contribution in [2.75, 3.05) is 0 Å². The Hall–Kier alpha value is 0. The molecule has 0 saturated heterocycles. The monoisotopic (exact) mass is 155 g/mol. The lowest BCUT2D eigenvalue weighted by molar-refractivity contribution is 0.522. The van der Waals surface area contributed by atoms with Crippen molar-refractivity contribution in [2.45, 2.75) is 59.8 Å². The third kappa shape index (κ3) is 10.0. The summed E-state index contributed by atoms with van der Waals surface area (Å²) >= 11 is 0. The van der Waals surface area contributed by atoms with Crippen molar-refractivity contribution in [2.24, 2.45) is 5.92 Å². The number of hydrogen-bond acceptors (Lipinski definition) is 0. The molecule has 0 amide bonds. The van der Waals surface area contributed by atoms with Crippen LogP contribution in [0.25, 0.3) is 0 Å². The minimum Gasteiger partial charge on any atom is -0.0628 e. The number of rotatable bonds is 6. The summed E-state index contributed by atoms with van der Waals surface area (Å²) in [5.74, 6) is 2.47. The summed E-state index contributed by atoms with van der Waals surface area (Å²) in [6, 6.07) is 0. The zero-order valence-electron chi connectivity index (χ0n) is 8.61. The molecule has 67 valence electrons. The lowest BCUT2D eigenvalue weighted by Crippen LogP contribution is -1.88. The molecule has 0 nitrogen and oxygen atoms in total. The molecule has 0 aliphatic heterocycles. The molecule has 0 bridgehead atoms. The van der Waals surface area contributed by atoms with Gasteiger partial charge in [0.2, 0.25) is 0 Å². The smallest absolute Gasteiger partial charge is 0.0303 e. The van der Waals surface area contributed by atoms with E-state index >= 15 is 0 Å². The second-order valence-electron chi connectivity index (χ2n) is 4.20. The highest BCUT2D eigenvalue weighted by molar-refractivity contribution is 4.75. The van der Waals surface area contributed by atoms with Crippen LogP contribution in [0.4, 0.5) is 0 Å². The number of unbranched alkanes of at least 4 members (excludes halogenated alkanes) is 2. The van der Waals surface area contributed by atoms with Crippen LogP contribution in [0, 0.1) is 11.8 Å². The van der Waals surface area contributed by atoms with E-state index in [1.165, 1.54) is 32.1 Å². The van der Waals surface area contributed by atoms with Crippen molar-refractivity contribution in [3.63, 3.8) is 0 Å². The largest absolute Gasteiger partial charge is 0.0628 e. The summed E-state index contributed by atoms with van der Waals surface area (Å²) in [5, 5.41) is 0. The summed E-state index contributed by atoms with van der Waals surface area (Å²) in [6.07, 6.45) is 6.98. The van der Waals surface area contributed by atoms with Crippen LogP contribution < -0.4 is 0 Å². The molecular formula is C11H23. The maximum Gasteiger partial charge on any atom is -0.0303 e. The van der Waals surface area contributed by atoms with Crippen LogP contribution in [0.2, 0.25) is 0 Å². The van der Waals surface area contributed by atoms with Gasteiger partial charge in [-0.25, -0.2) is 0 Å². The Bertz CT molecular complexity index is 62.1. The predicted octanol–water partition coefficient (Wildman–Crippen LogP) is 4.21. The van der Waals surface area contributed by atoms with Gasteiger partial charge in [-0.3, -0.25) is 0 Å². The van der Waals surface area contributed by atoms with E-state index in [9.17, 15) is 0 Å². The van der Waals surface area contributed by atoms with Crippen LogP contribution in [-0.4, -0.2) is 0 Å². The standard InChI is InChI=1S/C11H23/c1-10(2)8-6-5-7-9-11(3)4/h10H,5-9H2,1-4H3. The summed E-state index contributed by atoms with van der Waals surface area (Å²) in [4.78, 5) is 0. The fourth-order valence-electron chi connectivity index (χ4n) is 1.21. The van der Waals surface area contributed by atoms with Gasteiger partial charge in [0.1, 0.15) is 0 Å². The van der Waals surface area contributed by atoms with Gasteiger partial charge < -0.3 is 0 Å². The molecule has 0 aromatic carbocycles. The lowest BCUT2D eigenvalue weighted by Gasteiger charge is -2.05. The Morgan fingerprint density at radius 3 is 2.09 bits per heavy atom. The molecular weight excluding hydrogens is 132 g/mol. The Morgan fingerprint density at radius 2 is 1.64 bits per heavy atom. The lowest BCUT2D eigenvalue weighted by atomic mass is 10.0. The molecule has 0 saturated carbocycles. The Balaban J connectivity index is 2.91. The maximum atomic E-state index is 2.30. The molecule has 11 heavy (non-hydrogen) atoms. The molecule has 0 aliphatic rings. The number of hydrogen-bond donors (Lipinski definition) is 0. The fourth-order valence-corrected chi connectivity index (χ4v) is 1.21. The van der Waals surface area contributed by atoms with Crippen molar-refractivity contribution < 1.29 is 0 Å². The summed E-state index contributed by atoms with van der Waals surface area (Å²) in [6.45, 7) is 9.05. The van der Waals surface area contributed by atoms with E-state index in [1.54, 1.807) is 5.92 Å². The minimum atomic E-state index is 0.890. The van der Waals surface area contributed by atoms with Crippen LogP contribution in [0.1, 0.15) is 59.8 Å². The fraction of sp³-hybridized carbons (Fsp3) is 0.909. The minimum absolute atomic E-state index is 0.890. The van der Waals surface area contributed by atoms with E-state index < -0.39 is 0 Å². The average Bonchev–Trinajstić information content (AvgIpc) is 1.85. The van der Waals surface area contributed by atoms with E-state index in [0.717, 1.165) is 5.92 Å². The normalized spacial score (nSPS) is 11.5. The quantitative estimate of drug-likeness (QED) is 0.504. The van der Waals surface area contributed by atoms with Crippen LogP contribution in [0.3, 0.4) is 0 Å². The molecule has 0 spiro atoms. The zero-order valence-corrected chi connectivity index (χ0v) is 8.61. The molecule has 0 heterocycles. The second kappa shape index (κ2) is 6.69. The van der Waals surface area contributed by atoms with Crippen LogP contribution in [0.15, 0.2) is 0 Å². The van der Waals surface area contributed by atoms with Crippen molar-refractivity contribution in [3.8, 4) is 0 Å². The molecule has 0 heteroatoms. The molecule has 0 atom stereocenters. The second-order valence-corrected chi connectivity index (χ2v) is 4.20. The molecule has 0 rings (SSSR count). The molecule has 0 unspecified atom stereocenters. The van der Waals surface area contributed by atoms with Gasteiger partial charge in [-0.1, -0.05) is 53.4 Å². The first kappa shape index (κ1) is 11.0. The van der Waals surface area contributed by atoms with Gasteiger partial charge in [0, 0.05) is 0 Å². The van der Waals surface area contributed by atoms with E-state index in [1.807, 2.05) is 0 Å². The molecule has 0 aromatic heterocycles. The van der Waals surface area contributed by atoms with E-state index in [0.29, 0.717) is 0 Å². The van der Waals surface area contributed by atoms with Gasteiger partial charge in [-0.2, -0.15) is 0 Å². The van der Waals surface area contributed by atoms with Crippen LogP contribution >= 0.6 is 0 Å². The highest BCUT2D eigenvalue weighted by Crippen LogP contribution is 2.13. The van der Waals surface area contributed by atoms with Crippen molar-refractivity contribution in [1.82, 2.24) is 0 Å². The van der Waals surface area contributed by atoms with Gasteiger partial charge >= 0.3 is 0 Å².